The summed E-state index contributed by atoms with van der Waals surface area (Å²) in [7, 11) is 0. The zero-order valence-corrected chi connectivity index (χ0v) is 19.7. The number of thiophene rings is 1. The molecule has 0 aromatic carbocycles. The van der Waals surface area contributed by atoms with Gasteiger partial charge in [-0.15, -0.1) is 11.3 Å². The van der Waals surface area contributed by atoms with Crippen molar-refractivity contribution in [2.75, 3.05) is 32.1 Å². The summed E-state index contributed by atoms with van der Waals surface area (Å²) in [5, 5.41) is 1.51. The van der Waals surface area contributed by atoms with Crippen LogP contribution in [0.25, 0.3) is 10.2 Å². The lowest BCUT2D eigenvalue weighted by molar-refractivity contribution is -0.132. The second-order valence-electron chi connectivity index (χ2n) is 8.85. The van der Waals surface area contributed by atoms with Gasteiger partial charge in [0, 0.05) is 24.5 Å². The van der Waals surface area contributed by atoms with E-state index in [2.05, 4.69) is 20.8 Å². The van der Waals surface area contributed by atoms with Gasteiger partial charge in [0.2, 0.25) is 5.91 Å². The van der Waals surface area contributed by atoms with Crippen LogP contribution in [0.3, 0.4) is 0 Å². The minimum absolute atomic E-state index is 0.0778. The number of carbonyl (C=O) groups excluding carboxylic acids is 1. The topological polar surface area (TPSA) is 64.4 Å². The van der Waals surface area contributed by atoms with Gasteiger partial charge in [-0.05, 0) is 43.1 Å². The number of hydrogen-bond donors (Lipinski definition) is 0. The largest absolute Gasteiger partial charge is 0.378 e. The van der Waals surface area contributed by atoms with Gasteiger partial charge in [-0.1, -0.05) is 32.5 Å². The van der Waals surface area contributed by atoms with E-state index in [1.807, 2.05) is 9.47 Å². The lowest BCUT2D eigenvalue weighted by atomic mass is 9.89. The monoisotopic (exact) mass is 449 g/mol. The first-order chi connectivity index (χ1) is 14.4. The molecule has 0 saturated carbocycles. The van der Waals surface area contributed by atoms with Crippen molar-refractivity contribution >= 4 is 39.2 Å². The van der Waals surface area contributed by atoms with Gasteiger partial charge in [-0.2, -0.15) is 0 Å². The Morgan fingerprint density at radius 1 is 1.33 bits per heavy atom. The molecule has 0 radical (unpaired) electrons. The summed E-state index contributed by atoms with van der Waals surface area (Å²) in [6, 6.07) is 0. The number of rotatable bonds is 6. The molecule has 8 heteroatoms. The molecule has 1 unspecified atom stereocenters. The first kappa shape index (κ1) is 21.8. The number of aromatic nitrogens is 2. The number of thioether (sulfide) groups is 1. The number of ether oxygens (including phenoxy) is 1. The van der Waals surface area contributed by atoms with Crippen molar-refractivity contribution in [2.45, 2.75) is 58.2 Å². The maximum absolute atomic E-state index is 13.5. The molecule has 0 N–H and O–H groups in total. The van der Waals surface area contributed by atoms with Crippen molar-refractivity contribution in [1.29, 1.82) is 0 Å². The molecule has 6 nitrogen and oxygen atoms in total. The number of morpholine rings is 1. The highest BCUT2D eigenvalue weighted by atomic mass is 32.2. The minimum atomic E-state index is 0.0778. The molecule has 1 fully saturated rings. The number of carbonyl (C=O) groups is 1. The lowest BCUT2D eigenvalue weighted by Crippen LogP contribution is -2.41. The Hall–Kier alpha value is -1.38. The number of aryl methyl sites for hydroxylation is 1. The summed E-state index contributed by atoms with van der Waals surface area (Å²) in [6.07, 6.45) is 4.07. The highest BCUT2D eigenvalue weighted by molar-refractivity contribution is 7.99. The molecule has 1 aliphatic carbocycles. The fraction of sp³-hybridized carbons (Fsp3) is 0.682. The molecule has 3 heterocycles. The van der Waals surface area contributed by atoms with E-state index < -0.39 is 0 Å². The summed E-state index contributed by atoms with van der Waals surface area (Å²) >= 11 is 3.08. The molecular weight excluding hydrogens is 418 g/mol. The Morgan fingerprint density at radius 3 is 2.83 bits per heavy atom. The second-order valence-corrected chi connectivity index (χ2v) is 10.9. The average Bonchev–Trinajstić information content (AvgIpc) is 3.09. The van der Waals surface area contributed by atoms with Crippen molar-refractivity contribution < 1.29 is 9.53 Å². The Kier molecular flexibility index (Phi) is 6.85. The van der Waals surface area contributed by atoms with Crippen LogP contribution in [0, 0.1) is 11.8 Å². The average molecular weight is 450 g/mol. The molecule has 2 aliphatic rings. The van der Waals surface area contributed by atoms with E-state index in [0.717, 1.165) is 35.9 Å². The number of fused-ring (bicyclic) bond motifs is 3. The number of nitrogens with zero attached hydrogens (tertiary/aromatic N) is 3. The third-order valence-corrected chi connectivity index (χ3v) is 8.11. The van der Waals surface area contributed by atoms with Crippen molar-refractivity contribution in [3.8, 4) is 0 Å². The van der Waals surface area contributed by atoms with E-state index in [1.54, 1.807) is 11.3 Å². The third kappa shape index (κ3) is 4.60. The third-order valence-electron chi connectivity index (χ3n) is 6.00. The molecule has 0 bridgehead atoms. The van der Waals surface area contributed by atoms with E-state index in [-0.39, 0.29) is 11.5 Å². The quantitative estimate of drug-likeness (QED) is 0.498. The summed E-state index contributed by atoms with van der Waals surface area (Å²) in [5.41, 5.74) is 1.30. The van der Waals surface area contributed by atoms with Crippen LogP contribution in [0.2, 0.25) is 0 Å². The van der Waals surface area contributed by atoms with Gasteiger partial charge in [-0.25, -0.2) is 4.98 Å². The van der Waals surface area contributed by atoms with Crippen LogP contribution in [-0.4, -0.2) is 52.4 Å². The highest BCUT2D eigenvalue weighted by Gasteiger charge is 2.25. The van der Waals surface area contributed by atoms with Crippen LogP contribution in [-0.2, 0) is 28.9 Å². The summed E-state index contributed by atoms with van der Waals surface area (Å²) in [6.45, 7) is 9.73. The highest BCUT2D eigenvalue weighted by Crippen LogP contribution is 2.36. The number of amides is 1. The van der Waals surface area contributed by atoms with Gasteiger partial charge < -0.3 is 9.64 Å². The summed E-state index contributed by atoms with van der Waals surface area (Å²) in [5.74, 6) is 1.56. The van der Waals surface area contributed by atoms with Gasteiger partial charge in [-0.3, -0.25) is 14.2 Å². The Balaban J connectivity index is 1.65. The zero-order valence-electron chi connectivity index (χ0n) is 18.1. The van der Waals surface area contributed by atoms with Crippen LogP contribution < -0.4 is 5.56 Å². The fourth-order valence-electron chi connectivity index (χ4n) is 4.13. The summed E-state index contributed by atoms with van der Waals surface area (Å²) in [4.78, 5) is 35.1. The standard InChI is InChI=1S/C22H31N3O3S2/c1-14(2)6-7-25-21(27)19-16-5-4-15(3)12-17(16)30-20(19)23-22(25)29-13-18(26)24-8-10-28-11-9-24/h14-15H,4-13H2,1-3H3. The predicted octanol–water partition coefficient (Wildman–Crippen LogP) is 3.58. The van der Waals surface area contributed by atoms with Crippen molar-refractivity contribution in [2.24, 2.45) is 11.8 Å². The maximum Gasteiger partial charge on any atom is 0.263 e. The van der Waals surface area contributed by atoms with E-state index in [9.17, 15) is 9.59 Å². The molecule has 1 amide bonds. The van der Waals surface area contributed by atoms with E-state index in [0.29, 0.717) is 55.6 Å². The molecule has 2 aromatic heterocycles. The van der Waals surface area contributed by atoms with Gasteiger partial charge in [0.1, 0.15) is 4.83 Å². The first-order valence-electron chi connectivity index (χ1n) is 11.0. The van der Waals surface area contributed by atoms with Crippen molar-refractivity contribution in [1.82, 2.24) is 14.5 Å². The minimum Gasteiger partial charge on any atom is -0.378 e. The SMILES string of the molecule is CC(C)CCn1c(SCC(=O)N2CCOCC2)nc2sc3c(c2c1=O)CCC(C)C3. The molecule has 1 atom stereocenters. The second kappa shape index (κ2) is 9.40. The Morgan fingerprint density at radius 2 is 2.10 bits per heavy atom. The molecule has 164 valence electrons. The molecule has 1 aliphatic heterocycles. The fourth-order valence-corrected chi connectivity index (χ4v) is 6.48. The Labute approximate surface area is 186 Å². The van der Waals surface area contributed by atoms with E-state index in [1.165, 1.54) is 22.2 Å². The van der Waals surface area contributed by atoms with Crippen LogP contribution in [0.15, 0.2) is 9.95 Å². The molecule has 0 spiro atoms. The number of hydrogen-bond acceptors (Lipinski definition) is 6. The van der Waals surface area contributed by atoms with Gasteiger partial charge in [0.05, 0.1) is 24.4 Å². The van der Waals surface area contributed by atoms with Gasteiger partial charge >= 0.3 is 0 Å². The molecule has 1 saturated heterocycles. The normalized spacial score (nSPS) is 19.5. The van der Waals surface area contributed by atoms with E-state index in [4.69, 9.17) is 9.72 Å². The van der Waals surface area contributed by atoms with Crippen LogP contribution in [0.4, 0.5) is 0 Å². The molecule has 4 rings (SSSR count). The Bertz CT molecular complexity index is 976. The molecule has 2 aromatic rings. The van der Waals surface area contributed by atoms with Crippen molar-refractivity contribution in [3.63, 3.8) is 0 Å². The molecular formula is C22H31N3O3S2. The lowest BCUT2D eigenvalue weighted by Gasteiger charge is -2.26. The maximum atomic E-state index is 13.5. The molecule has 30 heavy (non-hydrogen) atoms. The first-order valence-corrected chi connectivity index (χ1v) is 12.8. The summed E-state index contributed by atoms with van der Waals surface area (Å²) < 4.78 is 7.16. The van der Waals surface area contributed by atoms with Crippen LogP contribution in [0.5, 0.6) is 0 Å². The van der Waals surface area contributed by atoms with E-state index >= 15 is 0 Å². The smallest absolute Gasteiger partial charge is 0.263 e. The zero-order chi connectivity index (χ0) is 21.3. The van der Waals surface area contributed by atoms with Crippen LogP contribution in [0.1, 0.15) is 44.1 Å². The van der Waals surface area contributed by atoms with Crippen LogP contribution >= 0.6 is 23.1 Å². The predicted molar refractivity (Wildman–Crippen MR) is 123 cm³/mol. The van der Waals surface area contributed by atoms with Gasteiger partial charge in [0.25, 0.3) is 5.56 Å². The van der Waals surface area contributed by atoms with Crippen molar-refractivity contribution in [3.05, 3.63) is 20.8 Å². The van der Waals surface area contributed by atoms with Gasteiger partial charge in [0.15, 0.2) is 5.16 Å².